The number of rotatable bonds is 9. The smallest absolute Gasteiger partial charge is 0.238 e. The number of nitrogens with one attached hydrogen (secondary N) is 3. The van der Waals surface area contributed by atoms with Crippen molar-refractivity contribution in [3.05, 3.63) is 108 Å². The fraction of sp³-hybridized carbons (Fsp3) is 0.0645. The van der Waals surface area contributed by atoms with E-state index in [0.29, 0.717) is 40.8 Å². The van der Waals surface area contributed by atoms with Gasteiger partial charge < -0.3 is 21.7 Å². The molecule has 0 radical (unpaired) electrons. The molecule has 0 atom stereocenters. The zero-order valence-electron chi connectivity index (χ0n) is 22.3. The van der Waals surface area contributed by atoms with E-state index in [1.165, 1.54) is 0 Å². The molecule has 0 unspecified atom stereocenters. The normalized spacial score (nSPS) is 10.9. The number of pyridine rings is 1. The van der Waals surface area contributed by atoms with Crippen LogP contribution in [0.3, 0.4) is 0 Å². The summed E-state index contributed by atoms with van der Waals surface area (Å²) in [5.74, 6) is 0.0147. The van der Waals surface area contributed by atoms with Crippen molar-refractivity contribution in [2.45, 2.75) is 6.42 Å². The number of nitrogens with two attached hydrogens (primary N) is 1. The summed E-state index contributed by atoms with van der Waals surface area (Å²) in [4.78, 5) is 39.5. The van der Waals surface area contributed by atoms with E-state index in [1.807, 2.05) is 88.8 Å². The highest BCUT2D eigenvalue weighted by molar-refractivity contribution is 7.10. The second kappa shape index (κ2) is 12.0. The van der Waals surface area contributed by atoms with Crippen LogP contribution in [0.4, 0.5) is 23.0 Å². The second-order valence-electron chi connectivity index (χ2n) is 9.35. The average Bonchev–Trinajstić information content (AvgIpc) is 3.65. The van der Waals surface area contributed by atoms with Crippen molar-refractivity contribution in [2.24, 2.45) is 5.73 Å². The molecule has 10 nitrogen and oxygen atoms in total. The van der Waals surface area contributed by atoms with Crippen LogP contribution in [0.5, 0.6) is 0 Å². The minimum Gasteiger partial charge on any atom is -0.326 e. The molecule has 2 amide bonds. The van der Waals surface area contributed by atoms with Gasteiger partial charge in [0.25, 0.3) is 0 Å². The topological polar surface area (TPSA) is 139 Å². The molecule has 42 heavy (non-hydrogen) atoms. The van der Waals surface area contributed by atoms with E-state index in [2.05, 4.69) is 20.9 Å². The van der Waals surface area contributed by atoms with Crippen LogP contribution in [-0.2, 0) is 16.0 Å². The van der Waals surface area contributed by atoms with E-state index in [0.717, 1.165) is 21.8 Å². The van der Waals surface area contributed by atoms with E-state index in [9.17, 15) is 9.59 Å². The molecule has 0 fully saturated rings. The molecular weight excluding hydrogens is 548 g/mol. The minimum absolute atomic E-state index is 0.0806. The van der Waals surface area contributed by atoms with Gasteiger partial charge in [-0.3, -0.25) is 14.0 Å². The second-order valence-corrected chi connectivity index (χ2v) is 10.4. The number of carbonyl (C=O) groups is 2. The minimum atomic E-state index is -0.281. The summed E-state index contributed by atoms with van der Waals surface area (Å²) in [6.07, 6.45) is 3.94. The molecular formula is C31H26N8O2S. The first-order valence-electron chi connectivity index (χ1n) is 13.2. The number of amides is 2. The average molecular weight is 575 g/mol. The van der Waals surface area contributed by atoms with E-state index in [1.54, 1.807) is 29.7 Å². The van der Waals surface area contributed by atoms with E-state index >= 15 is 0 Å². The van der Waals surface area contributed by atoms with E-state index in [-0.39, 0.29) is 18.4 Å². The number of anilines is 4. The summed E-state index contributed by atoms with van der Waals surface area (Å²) in [7, 11) is 0. The van der Waals surface area contributed by atoms with Crippen molar-refractivity contribution in [3.63, 3.8) is 0 Å². The summed E-state index contributed by atoms with van der Waals surface area (Å²) >= 11 is 1.56. The highest BCUT2D eigenvalue weighted by Gasteiger charge is 2.18. The van der Waals surface area contributed by atoms with Gasteiger partial charge in [-0.15, -0.1) is 11.3 Å². The Bertz CT molecular complexity index is 1880. The SMILES string of the molecule is NCC(=O)Nc1cccc(Nc2nccc(-c3c(-c4cccc(NC(=O)Cc5cccs5)c4)nc4ccccn34)n2)c1. The number of thiophene rings is 1. The van der Waals surface area contributed by atoms with Crippen LogP contribution >= 0.6 is 11.3 Å². The van der Waals surface area contributed by atoms with Crippen molar-refractivity contribution in [3.8, 4) is 22.6 Å². The summed E-state index contributed by atoms with van der Waals surface area (Å²) < 4.78 is 1.98. The van der Waals surface area contributed by atoms with Gasteiger partial charge in [0.05, 0.1) is 30.0 Å². The highest BCUT2D eigenvalue weighted by atomic mass is 32.1. The molecule has 6 rings (SSSR count). The molecule has 0 saturated heterocycles. The van der Waals surface area contributed by atoms with Gasteiger partial charge in [0, 0.05) is 39.9 Å². The Kier molecular flexibility index (Phi) is 7.66. The zero-order valence-corrected chi connectivity index (χ0v) is 23.1. The van der Waals surface area contributed by atoms with Gasteiger partial charge in [0.15, 0.2) is 0 Å². The molecule has 0 saturated carbocycles. The molecule has 0 bridgehead atoms. The Labute approximate surface area is 245 Å². The molecule has 4 heterocycles. The third kappa shape index (κ3) is 6.02. The summed E-state index contributed by atoms with van der Waals surface area (Å²) in [6.45, 7) is -0.102. The molecule has 0 spiro atoms. The van der Waals surface area contributed by atoms with Crippen LogP contribution in [0.2, 0.25) is 0 Å². The molecule has 0 aliphatic carbocycles. The molecule has 11 heteroatoms. The number of carbonyl (C=O) groups excluding carboxylic acids is 2. The predicted octanol–water partition coefficient (Wildman–Crippen LogP) is 5.34. The first kappa shape index (κ1) is 26.8. The number of fused-ring (bicyclic) bond motifs is 1. The van der Waals surface area contributed by atoms with Crippen LogP contribution in [0, 0.1) is 0 Å². The van der Waals surface area contributed by atoms with Crippen LogP contribution in [-0.4, -0.2) is 37.7 Å². The fourth-order valence-electron chi connectivity index (χ4n) is 4.53. The fourth-order valence-corrected chi connectivity index (χ4v) is 5.23. The van der Waals surface area contributed by atoms with Crippen molar-refractivity contribution in [1.29, 1.82) is 0 Å². The number of nitrogens with zero attached hydrogens (tertiary/aromatic N) is 4. The first-order chi connectivity index (χ1) is 20.6. The standard InChI is InChI=1S/C31H26N8O2S/c32-19-28(41)35-22-8-4-9-23(17-22)36-31-33-13-12-25(37-31)30-29(38-26-11-1-2-14-39(26)30)20-6-3-7-21(16-20)34-27(40)18-24-10-5-15-42-24/h1-17H,18-19,32H2,(H,34,40)(H,35,41)(H,33,36,37). The van der Waals surface area contributed by atoms with Gasteiger partial charge >= 0.3 is 0 Å². The summed E-state index contributed by atoms with van der Waals surface area (Å²) in [6, 6.07) is 26.4. The Morgan fingerprint density at radius 1 is 0.833 bits per heavy atom. The molecule has 208 valence electrons. The molecule has 0 aliphatic rings. The lowest BCUT2D eigenvalue weighted by Gasteiger charge is -2.10. The van der Waals surface area contributed by atoms with Gasteiger partial charge in [-0.05, 0) is 60.0 Å². The Balaban J connectivity index is 1.32. The van der Waals surface area contributed by atoms with Crippen molar-refractivity contribution >= 4 is 51.8 Å². The van der Waals surface area contributed by atoms with Crippen molar-refractivity contribution in [2.75, 3.05) is 22.5 Å². The van der Waals surface area contributed by atoms with Crippen molar-refractivity contribution < 1.29 is 9.59 Å². The molecule has 2 aromatic carbocycles. The van der Waals surface area contributed by atoms with Gasteiger partial charge in [-0.2, -0.15) is 0 Å². The zero-order chi connectivity index (χ0) is 28.9. The van der Waals surface area contributed by atoms with Gasteiger partial charge in [-0.1, -0.05) is 30.3 Å². The molecule has 4 aromatic heterocycles. The maximum atomic E-state index is 12.7. The monoisotopic (exact) mass is 574 g/mol. The highest BCUT2D eigenvalue weighted by Crippen LogP contribution is 2.33. The number of hydrogen-bond donors (Lipinski definition) is 4. The van der Waals surface area contributed by atoms with E-state index < -0.39 is 0 Å². The molecule has 0 aliphatic heterocycles. The van der Waals surface area contributed by atoms with Crippen LogP contribution in [0.1, 0.15) is 4.88 Å². The van der Waals surface area contributed by atoms with Gasteiger partial charge in [0.2, 0.25) is 17.8 Å². The van der Waals surface area contributed by atoms with Gasteiger partial charge in [0.1, 0.15) is 5.65 Å². The number of benzene rings is 2. The lowest BCUT2D eigenvalue weighted by atomic mass is 10.1. The number of imidazole rings is 1. The third-order valence-corrected chi connectivity index (χ3v) is 7.23. The van der Waals surface area contributed by atoms with E-state index in [4.69, 9.17) is 15.7 Å². The maximum absolute atomic E-state index is 12.7. The van der Waals surface area contributed by atoms with Crippen LogP contribution < -0.4 is 21.7 Å². The molecule has 6 aromatic rings. The van der Waals surface area contributed by atoms with Crippen LogP contribution in [0.15, 0.2) is 103 Å². The quantitative estimate of drug-likeness (QED) is 0.183. The van der Waals surface area contributed by atoms with Crippen LogP contribution in [0.25, 0.3) is 28.3 Å². The summed E-state index contributed by atoms with van der Waals surface area (Å²) in [5, 5.41) is 10.9. The molecule has 5 N–H and O–H groups in total. The third-order valence-electron chi connectivity index (χ3n) is 6.35. The van der Waals surface area contributed by atoms with Gasteiger partial charge in [-0.25, -0.2) is 15.0 Å². The number of aromatic nitrogens is 4. The largest absolute Gasteiger partial charge is 0.326 e. The van der Waals surface area contributed by atoms with Crippen molar-refractivity contribution in [1.82, 2.24) is 19.4 Å². The predicted molar refractivity (Wildman–Crippen MR) is 166 cm³/mol. The Morgan fingerprint density at radius 2 is 1.64 bits per heavy atom. The Morgan fingerprint density at radius 3 is 2.48 bits per heavy atom. The number of hydrogen-bond acceptors (Lipinski definition) is 8. The summed E-state index contributed by atoms with van der Waals surface area (Å²) in [5.41, 5.74) is 11.1. The lowest BCUT2D eigenvalue weighted by Crippen LogP contribution is -2.21. The maximum Gasteiger partial charge on any atom is 0.238 e. The lowest BCUT2D eigenvalue weighted by molar-refractivity contribution is -0.116. The Hall–Kier alpha value is -5.39. The first-order valence-corrected chi connectivity index (χ1v) is 14.0.